The third-order valence-electron chi connectivity index (χ3n) is 5.15. The lowest BCUT2D eigenvalue weighted by Gasteiger charge is -2.22. The standard InChI is InChI=1S/C20H25N2O2P/c1-3-18-14-21(18)25(23,22-15-19(22)4-2)24-20-12-10-17(11-13-20)16-8-6-5-7-9-16/h5-13,18-19H,3-4,14-15H2,1-2H3. The van der Waals surface area contributed by atoms with Crippen LogP contribution in [-0.4, -0.2) is 34.5 Å². The summed E-state index contributed by atoms with van der Waals surface area (Å²) in [6.07, 6.45) is 2.04. The number of rotatable bonds is 7. The van der Waals surface area contributed by atoms with E-state index in [1.54, 1.807) is 0 Å². The zero-order valence-electron chi connectivity index (χ0n) is 14.8. The summed E-state index contributed by atoms with van der Waals surface area (Å²) in [4.78, 5) is 0. The molecule has 0 amide bonds. The number of hydrogen-bond acceptors (Lipinski definition) is 2. The minimum atomic E-state index is -2.93. The summed E-state index contributed by atoms with van der Waals surface area (Å²) >= 11 is 0. The van der Waals surface area contributed by atoms with Gasteiger partial charge in [-0.1, -0.05) is 56.3 Å². The molecule has 0 spiro atoms. The molecule has 0 aromatic heterocycles. The molecule has 2 aromatic carbocycles. The highest BCUT2D eigenvalue weighted by molar-refractivity contribution is 7.55. The first kappa shape index (κ1) is 16.8. The van der Waals surface area contributed by atoms with E-state index in [9.17, 15) is 4.57 Å². The van der Waals surface area contributed by atoms with Crippen molar-refractivity contribution in [1.82, 2.24) is 9.34 Å². The lowest BCUT2D eigenvalue weighted by Crippen LogP contribution is -2.14. The molecule has 5 heteroatoms. The van der Waals surface area contributed by atoms with Gasteiger partial charge in [-0.15, -0.1) is 0 Å². The van der Waals surface area contributed by atoms with E-state index in [1.165, 1.54) is 5.56 Å². The first-order chi connectivity index (χ1) is 12.2. The average Bonchev–Trinajstić information content (AvgIpc) is 3.56. The Balaban J connectivity index is 1.54. The summed E-state index contributed by atoms with van der Waals surface area (Å²) in [5, 5.41) is 0. The van der Waals surface area contributed by atoms with Crippen molar-refractivity contribution in [3.63, 3.8) is 0 Å². The van der Waals surface area contributed by atoms with Crippen molar-refractivity contribution < 1.29 is 9.09 Å². The summed E-state index contributed by atoms with van der Waals surface area (Å²) in [5.41, 5.74) is 2.31. The van der Waals surface area contributed by atoms with Crippen LogP contribution in [0, 0.1) is 0 Å². The number of nitrogens with zero attached hydrogens (tertiary/aromatic N) is 2. The SMILES string of the molecule is CCC1CN1P(=O)(Oc1ccc(-c2ccccc2)cc1)N1CC1CC. The van der Waals surface area contributed by atoms with Crippen LogP contribution >= 0.6 is 7.67 Å². The molecule has 0 bridgehead atoms. The fourth-order valence-corrected chi connectivity index (χ4v) is 6.21. The van der Waals surface area contributed by atoms with E-state index in [2.05, 4.69) is 26.0 Å². The Morgan fingerprint density at radius 2 is 1.40 bits per heavy atom. The Morgan fingerprint density at radius 3 is 1.88 bits per heavy atom. The van der Waals surface area contributed by atoms with Gasteiger partial charge in [0.25, 0.3) is 0 Å². The zero-order valence-corrected chi connectivity index (χ0v) is 15.7. The van der Waals surface area contributed by atoms with E-state index < -0.39 is 7.67 Å². The van der Waals surface area contributed by atoms with E-state index in [-0.39, 0.29) is 0 Å². The molecule has 2 saturated heterocycles. The summed E-state index contributed by atoms with van der Waals surface area (Å²) in [6, 6.07) is 19.0. The fourth-order valence-electron chi connectivity index (χ4n) is 3.36. The van der Waals surface area contributed by atoms with Crippen LogP contribution in [0.4, 0.5) is 0 Å². The van der Waals surface area contributed by atoms with Crippen LogP contribution in [-0.2, 0) is 4.57 Å². The highest BCUT2D eigenvalue weighted by atomic mass is 31.2. The van der Waals surface area contributed by atoms with Gasteiger partial charge in [-0.05, 0) is 36.1 Å². The highest BCUT2D eigenvalue weighted by Crippen LogP contribution is 2.65. The molecule has 2 aliphatic heterocycles. The van der Waals surface area contributed by atoms with Crippen LogP contribution in [0.15, 0.2) is 54.6 Å². The van der Waals surface area contributed by atoms with Crippen molar-refractivity contribution in [3.05, 3.63) is 54.6 Å². The summed E-state index contributed by atoms with van der Waals surface area (Å²) < 4.78 is 23.8. The number of benzene rings is 2. The maximum absolute atomic E-state index is 13.6. The van der Waals surface area contributed by atoms with Crippen LogP contribution in [0.25, 0.3) is 11.1 Å². The maximum Gasteiger partial charge on any atom is 0.396 e. The Labute approximate surface area is 150 Å². The molecule has 0 radical (unpaired) electrons. The van der Waals surface area contributed by atoms with Gasteiger partial charge in [-0.3, -0.25) is 0 Å². The second-order valence-electron chi connectivity index (χ2n) is 6.84. The lowest BCUT2D eigenvalue weighted by atomic mass is 10.1. The van der Waals surface area contributed by atoms with Gasteiger partial charge < -0.3 is 4.52 Å². The van der Waals surface area contributed by atoms with Gasteiger partial charge in [0.2, 0.25) is 0 Å². The van der Waals surface area contributed by atoms with Gasteiger partial charge in [-0.25, -0.2) is 13.9 Å². The second-order valence-corrected chi connectivity index (χ2v) is 9.03. The maximum atomic E-state index is 13.6. The molecule has 2 aromatic rings. The Hall–Kier alpha value is -1.61. The highest BCUT2D eigenvalue weighted by Gasteiger charge is 2.59. The van der Waals surface area contributed by atoms with Crippen molar-refractivity contribution in [3.8, 4) is 16.9 Å². The molecule has 2 heterocycles. The quantitative estimate of drug-likeness (QED) is 0.514. The Kier molecular flexibility index (Phi) is 4.45. The van der Waals surface area contributed by atoms with Gasteiger partial charge in [0.15, 0.2) is 0 Å². The molecule has 132 valence electrons. The topological polar surface area (TPSA) is 32.3 Å². The molecular weight excluding hydrogens is 331 g/mol. The van der Waals surface area contributed by atoms with Gasteiger partial charge >= 0.3 is 7.67 Å². The Bertz CT molecular complexity index is 756. The van der Waals surface area contributed by atoms with Crippen molar-refractivity contribution in [2.24, 2.45) is 0 Å². The van der Waals surface area contributed by atoms with Gasteiger partial charge in [-0.2, -0.15) is 0 Å². The first-order valence-electron chi connectivity index (χ1n) is 9.15. The van der Waals surface area contributed by atoms with Gasteiger partial charge in [0.1, 0.15) is 5.75 Å². The van der Waals surface area contributed by atoms with Crippen LogP contribution in [0.2, 0.25) is 0 Å². The van der Waals surface area contributed by atoms with Gasteiger partial charge in [0.05, 0.1) is 0 Å². The monoisotopic (exact) mass is 356 g/mol. The van der Waals surface area contributed by atoms with Crippen LogP contribution in [0.5, 0.6) is 5.75 Å². The zero-order chi connectivity index (χ0) is 17.4. The summed E-state index contributed by atoms with van der Waals surface area (Å²) in [5.74, 6) is 0.687. The fraction of sp³-hybridized carbons (Fsp3) is 0.400. The molecule has 4 rings (SSSR count). The van der Waals surface area contributed by atoms with E-state index >= 15 is 0 Å². The van der Waals surface area contributed by atoms with Crippen LogP contribution < -0.4 is 4.52 Å². The smallest absolute Gasteiger partial charge is 0.396 e. The van der Waals surface area contributed by atoms with E-state index in [1.807, 2.05) is 51.8 Å². The molecule has 2 fully saturated rings. The Morgan fingerprint density at radius 1 is 0.880 bits per heavy atom. The normalized spacial score (nSPS) is 29.7. The molecule has 2 aliphatic rings. The molecule has 0 aliphatic carbocycles. The van der Waals surface area contributed by atoms with Crippen LogP contribution in [0.1, 0.15) is 26.7 Å². The largest absolute Gasteiger partial charge is 0.422 e. The van der Waals surface area contributed by atoms with Crippen LogP contribution in [0.3, 0.4) is 0 Å². The molecule has 0 saturated carbocycles. The average molecular weight is 356 g/mol. The number of hydrogen-bond donors (Lipinski definition) is 0. The third-order valence-corrected chi connectivity index (χ3v) is 7.88. The predicted octanol–water partition coefficient (Wildman–Crippen LogP) is 5.03. The van der Waals surface area contributed by atoms with E-state index in [4.69, 9.17) is 4.52 Å². The van der Waals surface area contributed by atoms with Crippen molar-refractivity contribution in [1.29, 1.82) is 0 Å². The van der Waals surface area contributed by atoms with Crippen molar-refractivity contribution >= 4 is 7.67 Å². The molecule has 4 atom stereocenters. The molecule has 4 nitrogen and oxygen atoms in total. The second kappa shape index (κ2) is 6.60. The molecular formula is C20H25N2O2P. The molecule has 25 heavy (non-hydrogen) atoms. The van der Waals surface area contributed by atoms with E-state index in [0.717, 1.165) is 31.5 Å². The lowest BCUT2D eigenvalue weighted by molar-refractivity contribution is 0.395. The molecule has 0 N–H and O–H groups in total. The van der Waals surface area contributed by atoms with E-state index in [0.29, 0.717) is 17.8 Å². The molecule has 4 unspecified atom stereocenters. The van der Waals surface area contributed by atoms with Crippen molar-refractivity contribution in [2.45, 2.75) is 38.8 Å². The van der Waals surface area contributed by atoms with Crippen molar-refractivity contribution in [2.75, 3.05) is 13.1 Å². The third kappa shape index (κ3) is 3.27. The summed E-state index contributed by atoms with van der Waals surface area (Å²) in [6.45, 7) is 6.04. The minimum Gasteiger partial charge on any atom is -0.422 e. The predicted molar refractivity (Wildman–Crippen MR) is 102 cm³/mol. The summed E-state index contributed by atoms with van der Waals surface area (Å²) in [7, 11) is -2.93. The minimum absolute atomic E-state index is 0.396. The van der Waals surface area contributed by atoms with Gasteiger partial charge in [0, 0.05) is 25.2 Å². The first-order valence-corrected chi connectivity index (χ1v) is 10.7.